The molecule has 0 amide bonds. The van der Waals surface area contributed by atoms with Gasteiger partial charge in [-0.2, -0.15) is 0 Å². The van der Waals surface area contributed by atoms with Crippen molar-refractivity contribution in [2.45, 2.75) is 0 Å². The SMILES string of the molecule is Cl.O.[Cl][Ru]([Cl])[Cl]. The van der Waals surface area contributed by atoms with Crippen LogP contribution in [0.15, 0.2) is 0 Å². The topological polar surface area (TPSA) is 31.5 Å². The Morgan fingerprint density at radius 2 is 1.00 bits per heavy atom. The van der Waals surface area contributed by atoms with Crippen LogP contribution in [0.3, 0.4) is 0 Å². The Bertz CT molecular complexity index is 12.3. The van der Waals surface area contributed by atoms with Crippen LogP contribution in [-0.4, -0.2) is 5.48 Å². The van der Waals surface area contributed by atoms with Crippen molar-refractivity contribution in [2.24, 2.45) is 0 Å². The molecule has 0 aliphatic carbocycles. The Labute approximate surface area is 59.7 Å². The van der Waals surface area contributed by atoms with Gasteiger partial charge in [0.2, 0.25) is 0 Å². The van der Waals surface area contributed by atoms with Gasteiger partial charge in [-0.1, -0.05) is 0 Å². The molecule has 0 spiro atoms. The van der Waals surface area contributed by atoms with Crippen molar-refractivity contribution in [1.29, 1.82) is 0 Å². The van der Waals surface area contributed by atoms with Crippen molar-refractivity contribution < 1.29 is 18.5 Å². The van der Waals surface area contributed by atoms with Gasteiger partial charge in [0.15, 0.2) is 0 Å². The van der Waals surface area contributed by atoms with Crippen LogP contribution in [0.25, 0.3) is 0 Å². The summed E-state index contributed by atoms with van der Waals surface area (Å²) in [5.74, 6) is 0. The molecular formula is H3Cl4ORu. The van der Waals surface area contributed by atoms with Crippen LogP contribution in [0.1, 0.15) is 0 Å². The molecule has 0 rings (SSSR count). The first-order valence-electron chi connectivity index (χ1n) is 0.401. The molecule has 0 atom stereocenters. The van der Waals surface area contributed by atoms with Gasteiger partial charge in [0.1, 0.15) is 0 Å². The van der Waals surface area contributed by atoms with Gasteiger partial charge in [-0.05, 0) is 0 Å². The van der Waals surface area contributed by atoms with E-state index in [1.807, 2.05) is 0 Å². The fourth-order valence-corrected chi connectivity index (χ4v) is 0. The van der Waals surface area contributed by atoms with E-state index in [9.17, 15) is 0 Å². The fourth-order valence-electron chi connectivity index (χ4n) is 0. The third kappa shape index (κ3) is 42.5. The molecule has 0 aromatic carbocycles. The molecule has 0 aromatic heterocycles. The van der Waals surface area contributed by atoms with Crippen molar-refractivity contribution in [3.8, 4) is 0 Å². The Hall–Kier alpha value is 1.74. The van der Waals surface area contributed by atoms with Gasteiger partial charge in [0.25, 0.3) is 0 Å². The average Bonchev–Trinajstić information content (AvgIpc) is 0.811. The third-order valence-corrected chi connectivity index (χ3v) is 0. The molecule has 0 heterocycles. The Morgan fingerprint density at radius 3 is 1.00 bits per heavy atom. The first kappa shape index (κ1) is 15.6. The zero-order valence-corrected chi connectivity index (χ0v) is 7.22. The molecule has 0 unspecified atom stereocenters. The summed E-state index contributed by atoms with van der Waals surface area (Å²) in [6.45, 7) is 0. The second-order valence-corrected chi connectivity index (χ2v) is 8.07. The van der Waals surface area contributed by atoms with Crippen LogP contribution in [0.2, 0.25) is 0 Å². The van der Waals surface area contributed by atoms with E-state index < -0.39 is 13.0 Å². The van der Waals surface area contributed by atoms with Gasteiger partial charge < -0.3 is 5.48 Å². The fraction of sp³-hybridized carbons (Fsp3) is 0. The summed E-state index contributed by atoms with van der Waals surface area (Å²) in [6, 6.07) is 0. The van der Waals surface area contributed by atoms with Crippen molar-refractivity contribution >= 4 is 41.5 Å². The van der Waals surface area contributed by atoms with Crippen molar-refractivity contribution in [3.05, 3.63) is 0 Å². The van der Waals surface area contributed by atoms with E-state index >= 15 is 0 Å². The molecule has 0 bridgehead atoms. The summed E-state index contributed by atoms with van der Waals surface area (Å²) < 4.78 is 0. The number of halogens is 4. The van der Waals surface area contributed by atoms with Crippen LogP contribution >= 0.6 is 41.5 Å². The molecule has 0 aliphatic rings. The Morgan fingerprint density at radius 1 is 1.00 bits per heavy atom. The summed E-state index contributed by atoms with van der Waals surface area (Å²) in [7, 11) is 14.8. The Balaban J connectivity index is -0.0000000450. The van der Waals surface area contributed by atoms with Crippen LogP contribution in [0.5, 0.6) is 0 Å². The van der Waals surface area contributed by atoms with E-state index in [1.54, 1.807) is 0 Å². The molecule has 6 heteroatoms. The van der Waals surface area contributed by atoms with Gasteiger partial charge in [0.05, 0.1) is 0 Å². The van der Waals surface area contributed by atoms with E-state index in [0.717, 1.165) is 0 Å². The zero-order chi connectivity index (χ0) is 3.58. The first-order valence-corrected chi connectivity index (χ1v) is 7.12. The summed E-state index contributed by atoms with van der Waals surface area (Å²) in [4.78, 5) is 0. The molecule has 0 radical (unpaired) electrons. The first-order chi connectivity index (χ1) is 1.73. The quantitative estimate of drug-likeness (QED) is 0.594. The molecule has 45 valence electrons. The van der Waals surface area contributed by atoms with E-state index in [1.165, 1.54) is 0 Å². The Kier molecular flexibility index (Phi) is 25.8. The van der Waals surface area contributed by atoms with Crippen LogP contribution in [0, 0.1) is 0 Å². The summed E-state index contributed by atoms with van der Waals surface area (Å²) in [5, 5.41) is 0. The average molecular weight is 262 g/mol. The molecule has 2 N–H and O–H groups in total. The van der Waals surface area contributed by atoms with Crippen LogP contribution in [0.4, 0.5) is 0 Å². The molecule has 6 heavy (non-hydrogen) atoms. The number of hydrogen-bond acceptors (Lipinski definition) is 0. The maximum absolute atomic E-state index is 4.95. The van der Waals surface area contributed by atoms with E-state index in [2.05, 4.69) is 0 Å². The second kappa shape index (κ2) is 9.89. The summed E-state index contributed by atoms with van der Waals surface area (Å²) in [5.41, 5.74) is 0. The molecular weight excluding hydrogens is 259 g/mol. The molecule has 0 saturated heterocycles. The van der Waals surface area contributed by atoms with E-state index in [4.69, 9.17) is 29.1 Å². The number of hydrogen-bond donors (Lipinski definition) is 0. The minimum absolute atomic E-state index is 0. The predicted octanol–water partition coefficient (Wildman–Crippen LogP) is 1.66. The van der Waals surface area contributed by atoms with Gasteiger partial charge in [0, 0.05) is 0 Å². The van der Waals surface area contributed by atoms with E-state index in [-0.39, 0.29) is 17.9 Å². The standard InChI is InChI=1S/4ClH.H2O.Ru/h4*1H;1H2;/q;;;;;+3/p-3. The van der Waals surface area contributed by atoms with Gasteiger partial charge in [-0.3, -0.25) is 0 Å². The second-order valence-electron chi connectivity index (χ2n) is 0.152. The molecule has 0 fully saturated rings. The minimum atomic E-state index is -1.75. The summed E-state index contributed by atoms with van der Waals surface area (Å²) in [6.07, 6.45) is 0. The van der Waals surface area contributed by atoms with Gasteiger partial charge >= 0.3 is 42.1 Å². The van der Waals surface area contributed by atoms with E-state index in [0.29, 0.717) is 0 Å². The summed E-state index contributed by atoms with van der Waals surface area (Å²) >= 11 is -1.75. The van der Waals surface area contributed by atoms with Crippen molar-refractivity contribution in [1.82, 2.24) is 0 Å². The maximum atomic E-state index is 4.95. The van der Waals surface area contributed by atoms with Crippen LogP contribution < -0.4 is 0 Å². The predicted molar refractivity (Wildman–Crippen MR) is 28.4 cm³/mol. The molecule has 0 aromatic rings. The third-order valence-electron chi connectivity index (χ3n) is 0. The zero-order valence-electron chi connectivity index (χ0n) is 2.40. The molecule has 1 nitrogen and oxygen atoms in total. The monoisotopic (exact) mass is 261 g/mol. The van der Waals surface area contributed by atoms with Crippen molar-refractivity contribution in [2.75, 3.05) is 0 Å². The van der Waals surface area contributed by atoms with Crippen LogP contribution in [-0.2, 0) is 13.0 Å². The molecule has 0 aliphatic heterocycles. The normalized spacial score (nSPS) is 7.50. The molecule has 0 saturated carbocycles. The van der Waals surface area contributed by atoms with Gasteiger partial charge in [-0.25, -0.2) is 0 Å². The van der Waals surface area contributed by atoms with Crippen molar-refractivity contribution in [3.63, 3.8) is 0 Å². The number of rotatable bonds is 0. The van der Waals surface area contributed by atoms with Gasteiger partial charge in [-0.15, -0.1) is 12.4 Å².